The van der Waals surface area contributed by atoms with Crippen LogP contribution in [-0.4, -0.2) is 0 Å². The number of hydrogen-bond donors (Lipinski definition) is 0. The summed E-state index contributed by atoms with van der Waals surface area (Å²) >= 11 is 0. The first-order chi connectivity index (χ1) is 29.2. The minimum atomic E-state index is 0.798. The van der Waals surface area contributed by atoms with Crippen LogP contribution in [0.15, 0.2) is 167 Å². The maximum atomic E-state index is 6.90. The Balaban J connectivity index is 1.08. The van der Waals surface area contributed by atoms with E-state index in [2.05, 4.69) is 209 Å². The Bertz CT molecular complexity index is 3210. The number of para-hydroxylation sites is 4. The van der Waals surface area contributed by atoms with E-state index in [1.54, 1.807) is 0 Å². The summed E-state index contributed by atoms with van der Waals surface area (Å²) in [6.07, 6.45) is 0. The van der Waals surface area contributed by atoms with Crippen molar-refractivity contribution in [3.63, 3.8) is 0 Å². The van der Waals surface area contributed by atoms with Crippen LogP contribution in [-0.2, 0) is 0 Å². The third kappa shape index (κ3) is 5.51. The number of anilines is 6. The predicted molar refractivity (Wildman–Crippen MR) is 254 cm³/mol. The highest BCUT2D eigenvalue weighted by Gasteiger charge is 2.24. The first kappa shape index (κ1) is 35.8. The molecular weight excluding hydrogens is 733 g/mol. The topological polar surface area (TPSA) is 32.8 Å². The lowest BCUT2D eigenvalue weighted by molar-refractivity contribution is 0.633. The van der Waals surface area contributed by atoms with Gasteiger partial charge in [0.1, 0.15) is 11.2 Å². The van der Waals surface area contributed by atoms with Gasteiger partial charge in [-0.3, -0.25) is 0 Å². The van der Waals surface area contributed by atoms with Crippen molar-refractivity contribution in [2.75, 3.05) is 9.80 Å². The van der Waals surface area contributed by atoms with Gasteiger partial charge in [-0.2, -0.15) is 0 Å². The van der Waals surface area contributed by atoms with E-state index < -0.39 is 0 Å². The second kappa shape index (κ2) is 13.6. The molecule has 0 amide bonds. The Morgan fingerprint density at radius 1 is 0.333 bits per heavy atom. The lowest BCUT2D eigenvalue weighted by Crippen LogP contribution is -2.12. The standard InChI is InChI=1S/C56H44N2O2/c1-33-15-7-11-19-47(33)57(48-20-12-8-16-34(48)2)43-25-23-39-29-45-51(31-41(39)27-43)59-55-53(45)37(5)38(6)54-46-30-40-24-26-44(28-42(40)32-52(46)60-56(54)55)58(49-21-13-9-17-35(49)3)50-22-14-10-18-36(50)4/h7-32H,1-6H3. The summed E-state index contributed by atoms with van der Waals surface area (Å²) in [7, 11) is 0. The lowest BCUT2D eigenvalue weighted by Gasteiger charge is -2.28. The Labute approximate surface area is 349 Å². The average molecular weight is 777 g/mol. The minimum absolute atomic E-state index is 0.798. The highest BCUT2D eigenvalue weighted by Crippen LogP contribution is 2.47. The van der Waals surface area contributed by atoms with Gasteiger partial charge >= 0.3 is 0 Å². The van der Waals surface area contributed by atoms with Crippen molar-refractivity contribution in [1.82, 2.24) is 0 Å². The fraction of sp³-hybridized carbons (Fsp3) is 0.107. The molecule has 0 unspecified atom stereocenters. The average Bonchev–Trinajstić information content (AvgIpc) is 3.82. The quantitative estimate of drug-likeness (QED) is 0.168. The molecule has 2 heterocycles. The third-order valence-electron chi connectivity index (χ3n) is 12.7. The van der Waals surface area contributed by atoms with Crippen molar-refractivity contribution < 1.29 is 8.83 Å². The van der Waals surface area contributed by atoms with Gasteiger partial charge in [-0.25, -0.2) is 0 Å². The number of nitrogens with zero attached hydrogens (tertiary/aromatic N) is 2. The Morgan fingerprint density at radius 2 is 0.667 bits per heavy atom. The summed E-state index contributed by atoms with van der Waals surface area (Å²) in [6, 6.07) is 56.9. The van der Waals surface area contributed by atoms with Gasteiger partial charge < -0.3 is 18.6 Å². The van der Waals surface area contributed by atoms with Gasteiger partial charge in [0, 0.05) is 55.7 Å². The molecule has 0 spiro atoms. The van der Waals surface area contributed by atoms with Crippen molar-refractivity contribution in [2.45, 2.75) is 41.5 Å². The molecule has 0 saturated carbocycles. The SMILES string of the molecule is Cc1ccccc1N(c1ccc2cc3c(cc2c1)oc1c2oc4cc5cc(N(c6ccccc6C)c6ccccc6C)ccc5cc4c2c(C)c(C)c31)c1ccccc1C. The van der Waals surface area contributed by atoms with Crippen molar-refractivity contribution in [3.8, 4) is 0 Å². The fourth-order valence-corrected chi connectivity index (χ4v) is 9.45. The second-order valence-corrected chi connectivity index (χ2v) is 16.4. The van der Waals surface area contributed by atoms with Crippen LogP contribution < -0.4 is 9.80 Å². The van der Waals surface area contributed by atoms with Gasteiger partial charge in [0.2, 0.25) is 0 Å². The molecule has 0 saturated heterocycles. The van der Waals surface area contributed by atoms with Crippen molar-refractivity contribution in [1.29, 1.82) is 0 Å². The van der Waals surface area contributed by atoms with Crippen LogP contribution in [0.3, 0.4) is 0 Å². The van der Waals surface area contributed by atoms with Crippen LogP contribution in [0.4, 0.5) is 34.1 Å². The molecule has 0 atom stereocenters. The Hall–Kier alpha value is -7.30. The van der Waals surface area contributed by atoms with E-state index in [-0.39, 0.29) is 0 Å². The van der Waals surface area contributed by atoms with Gasteiger partial charge in [0.15, 0.2) is 11.2 Å². The zero-order chi connectivity index (χ0) is 40.8. The molecule has 60 heavy (non-hydrogen) atoms. The van der Waals surface area contributed by atoms with Gasteiger partial charge in [-0.05, 0) is 169 Å². The van der Waals surface area contributed by atoms with E-state index in [1.807, 2.05) is 0 Å². The lowest BCUT2D eigenvalue weighted by atomic mass is 9.96. The molecule has 0 aliphatic carbocycles. The number of benzene rings is 9. The molecule has 0 N–H and O–H groups in total. The summed E-state index contributed by atoms with van der Waals surface area (Å²) in [6.45, 7) is 13.1. The molecular formula is C56H44N2O2. The monoisotopic (exact) mass is 776 g/mol. The maximum Gasteiger partial charge on any atom is 0.178 e. The number of hydrogen-bond acceptors (Lipinski definition) is 4. The van der Waals surface area contributed by atoms with Gasteiger partial charge in [-0.1, -0.05) is 84.9 Å². The zero-order valence-corrected chi connectivity index (χ0v) is 34.7. The van der Waals surface area contributed by atoms with Gasteiger partial charge in [0.05, 0.1) is 0 Å². The van der Waals surface area contributed by atoms with Crippen molar-refractivity contribution in [3.05, 3.63) is 191 Å². The Morgan fingerprint density at radius 3 is 1.00 bits per heavy atom. The molecule has 0 aliphatic heterocycles. The molecule has 0 fully saturated rings. The molecule has 0 radical (unpaired) electrons. The fourth-order valence-electron chi connectivity index (χ4n) is 9.45. The number of fused-ring (bicyclic) bond motifs is 9. The molecule has 290 valence electrons. The first-order valence-electron chi connectivity index (χ1n) is 20.8. The number of rotatable bonds is 6. The van der Waals surface area contributed by atoms with Crippen LogP contribution >= 0.6 is 0 Å². The summed E-state index contributed by atoms with van der Waals surface area (Å²) < 4.78 is 13.8. The predicted octanol–water partition coefficient (Wildman–Crippen LogP) is 16.6. The van der Waals surface area contributed by atoms with Gasteiger partial charge in [-0.15, -0.1) is 0 Å². The van der Waals surface area contributed by atoms with E-state index in [4.69, 9.17) is 8.83 Å². The summed E-state index contributed by atoms with van der Waals surface area (Å²) in [4.78, 5) is 4.74. The number of furan rings is 2. The molecule has 11 rings (SSSR count). The molecule has 4 nitrogen and oxygen atoms in total. The van der Waals surface area contributed by atoms with E-state index in [9.17, 15) is 0 Å². The van der Waals surface area contributed by atoms with Crippen molar-refractivity contribution in [2.24, 2.45) is 0 Å². The summed E-state index contributed by atoms with van der Waals surface area (Å²) in [5.41, 5.74) is 17.4. The molecule has 4 heteroatoms. The first-order valence-corrected chi connectivity index (χ1v) is 20.8. The molecule has 0 aliphatic rings. The second-order valence-electron chi connectivity index (χ2n) is 16.4. The van der Waals surface area contributed by atoms with Crippen LogP contribution in [0.1, 0.15) is 33.4 Å². The third-order valence-corrected chi connectivity index (χ3v) is 12.7. The van der Waals surface area contributed by atoms with Crippen molar-refractivity contribution >= 4 is 99.5 Å². The van der Waals surface area contributed by atoms with Crippen LogP contribution in [0.5, 0.6) is 0 Å². The largest absolute Gasteiger partial charge is 0.452 e. The highest BCUT2D eigenvalue weighted by atomic mass is 16.4. The van der Waals surface area contributed by atoms with Crippen LogP contribution in [0.25, 0.3) is 65.4 Å². The molecule has 11 aromatic rings. The van der Waals surface area contributed by atoms with E-state index in [0.717, 1.165) is 99.5 Å². The van der Waals surface area contributed by atoms with E-state index in [1.165, 1.54) is 33.4 Å². The maximum absolute atomic E-state index is 6.90. The highest BCUT2D eigenvalue weighted by molar-refractivity contribution is 6.24. The minimum Gasteiger partial charge on any atom is -0.452 e. The molecule has 2 aromatic heterocycles. The zero-order valence-electron chi connectivity index (χ0n) is 34.7. The summed E-state index contributed by atoms with van der Waals surface area (Å²) in [5.74, 6) is 0. The van der Waals surface area contributed by atoms with Crippen LogP contribution in [0, 0.1) is 41.5 Å². The normalized spacial score (nSPS) is 11.8. The smallest absolute Gasteiger partial charge is 0.178 e. The summed E-state index contributed by atoms with van der Waals surface area (Å²) in [5, 5.41) is 8.99. The van der Waals surface area contributed by atoms with Gasteiger partial charge in [0.25, 0.3) is 0 Å². The number of aryl methyl sites for hydroxylation is 6. The van der Waals surface area contributed by atoms with E-state index >= 15 is 0 Å². The van der Waals surface area contributed by atoms with E-state index in [0.29, 0.717) is 0 Å². The Kier molecular flexibility index (Phi) is 8.15. The molecule has 0 bridgehead atoms. The van der Waals surface area contributed by atoms with Crippen LogP contribution in [0.2, 0.25) is 0 Å². The molecule has 9 aromatic carbocycles.